The lowest BCUT2D eigenvalue weighted by Gasteiger charge is -2.34. The monoisotopic (exact) mass is 227 g/mol. The molecule has 2 N–H and O–H groups in total. The van der Waals surface area contributed by atoms with Crippen molar-refractivity contribution in [3.63, 3.8) is 0 Å². The third-order valence-electron chi connectivity index (χ3n) is 2.61. The Morgan fingerprint density at radius 3 is 3.33 bits per heavy atom. The molecule has 1 fully saturated rings. The summed E-state index contributed by atoms with van der Waals surface area (Å²) >= 11 is 1.70. The molecule has 15 heavy (non-hydrogen) atoms. The average molecular weight is 227 g/mol. The average Bonchev–Trinajstić information content (AvgIpc) is 2.71. The van der Waals surface area contributed by atoms with Crippen LogP contribution in [0.3, 0.4) is 0 Å². The fourth-order valence-corrected chi connectivity index (χ4v) is 2.37. The summed E-state index contributed by atoms with van der Waals surface area (Å²) in [5, 5.41) is 3.18. The van der Waals surface area contributed by atoms with Crippen LogP contribution in [0.1, 0.15) is 11.9 Å². The minimum absolute atomic E-state index is 0.101. The fourth-order valence-electron chi connectivity index (χ4n) is 1.72. The number of nitrogens with two attached hydrogens (primary N) is 1. The fraction of sp³-hybridized carbons (Fsp3) is 0.700. The van der Waals surface area contributed by atoms with Crippen molar-refractivity contribution in [3.8, 4) is 0 Å². The normalized spacial score (nSPS) is 25.3. The molecule has 0 aromatic carbocycles. The summed E-state index contributed by atoms with van der Waals surface area (Å²) < 4.78 is 5.61. The third-order valence-corrected chi connectivity index (χ3v) is 3.37. The molecule has 1 aliphatic rings. The van der Waals surface area contributed by atoms with Crippen molar-refractivity contribution in [1.82, 2.24) is 9.88 Å². The molecule has 0 spiro atoms. The van der Waals surface area contributed by atoms with E-state index < -0.39 is 0 Å². The van der Waals surface area contributed by atoms with Crippen molar-refractivity contribution in [2.24, 2.45) is 5.73 Å². The predicted molar refractivity (Wildman–Crippen MR) is 60.8 cm³/mol. The van der Waals surface area contributed by atoms with E-state index in [2.05, 4.69) is 9.88 Å². The van der Waals surface area contributed by atoms with E-state index in [1.807, 2.05) is 18.5 Å². The van der Waals surface area contributed by atoms with E-state index >= 15 is 0 Å². The zero-order valence-corrected chi connectivity index (χ0v) is 9.74. The summed E-state index contributed by atoms with van der Waals surface area (Å²) in [6.45, 7) is 5.58. The van der Waals surface area contributed by atoms with E-state index in [4.69, 9.17) is 10.5 Å². The van der Waals surface area contributed by atoms with Gasteiger partial charge in [-0.1, -0.05) is 0 Å². The summed E-state index contributed by atoms with van der Waals surface area (Å²) in [6.07, 6.45) is 2.02. The Morgan fingerprint density at radius 2 is 2.67 bits per heavy atom. The Kier molecular flexibility index (Phi) is 3.69. The molecule has 2 atom stereocenters. The maximum absolute atomic E-state index is 5.84. The van der Waals surface area contributed by atoms with Crippen molar-refractivity contribution >= 4 is 11.3 Å². The molecular formula is C10H17N3OS. The van der Waals surface area contributed by atoms with Crippen LogP contribution in [0.2, 0.25) is 0 Å². The molecule has 4 nitrogen and oxygen atoms in total. The van der Waals surface area contributed by atoms with Crippen LogP contribution in [-0.2, 0) is 11.3 Å². The highest BCUT2D eigenvalue weighted by molar-refractivity contribution is 7.09. The number of morpholine rings is 1. The van der Waals surface area contributed by atoms with Crippen LogP contribution < -0.4 is 5.73 Å². The zero-order chi connectivity index (χ0) is 10.7. The molecule has 0 saturated carbocycles. The molecule has 0 aliphatic carbocycles. The van der Waals surface area contributed by atoms with Crippen molar-refractivity contribution in [1.29, 1.82) is 0 Å². The van der Waals surface area contributed by atoms with Crippen LogP contribution >= 0.6 is 11.3 Å². The van der Waals surface area contributed by atoms with Gasteiger partial charge in [0.15, 0.2) is 0 Å². The molecule has 2 heterocycles. The first-order valence-electron chi connectivity index (χ1n) is 5.23. The first-order valence-corrected chi connectivity index (χ1v) is 6.11. The maximum Gasteiger partial charge on any atom is 0.107 e. The number of hydrogen-bond donors (Lipinski definition) is 1. The molecule has 1 saturated heterocycles. The molecule has 5 heteroatoms. The van der Waals surface area contributed by atoms with E-state index in [0.717, 1.165) is 26.2 Å². The molecular weight excluding hydrogens is 210 g/mol. The SMILES string of the molecule is CC(N)C1CN(Cc2nccs2)CCO1. The molecule has 0 radical (unpaired) electrons. The van der Waals surface area contributed by atoms with Gasteiger partial charge in [-0.25, -0.2) is 4.98 Å². The van der Waals surface area contributed by atoms with Gasteiger partial charge in [0.25, 0.3) is 0 Å². The number of aromatic nitrogens is 1. The smallest absolute Gasteiger partial charge is 0.107 e. The number of thiazole rings is 1. The second kappa shape index (κ2) is 5.03. The number of nitrogens with zero attached hydrogens (tertiary/aromatic N) is 2. The van der Waals surface area contributed by atoms with Gasteiger partial charge in [-0.2, -0.15) is 0 Å². The quantitative estimate of drug-likeness (QED) is 0.825. The van der Waals surface area contributed by atoms with Gasteiger partial charge in [-0.15, -0.1) is 11.3 Å². The minimum Gasteiger partial charge on any atom is -0.374 e. The summed E-state index contributed by atoms with van der Waals surface area (Å²) in [5.74, 6) is 0. The second-order valence-electron chi connectivity index (χ2n) is 3.93. The van der Waals surface area contributed by atoms with Crippen LogP contribution in [0, 0.1) is 0 Å². The molecule has 1 aromatic heterocycles. The van der Waals surface area contributed by atoms with E-state index in [9.17, 15) is 0 Å². The van der Waals surface area contributed by atoms with Crippen molar-refractivity contribution in [3.05, 3.63) is 16.6 Å². The molecule has 1 aliphatic heterocycles. The standard InChI is InChI=1S/C10H17N3OS/c1-8(11)9-6-13(3-4-14-9)7-10-12-2-5-15-10/h2,5,8-9H,3-4,6-7,11H2,1H3. The van der Waals surface area contributed by atoms with Crippen LogP contribution in [0.15, 0.2) is 11.6 Å². The molecule has 0 amide bonds. The van der Waals surface area contributed by atoms with Gasteiger partial charge >= 0.3 is 0 Å². The lowest BCUT2D eigenvalue weighted by Crippen LogP contribution is -2.49. The highest BCUT2D eigenvalue weighted by Gasteiger charge is 2.23. The first kappa shape index (κ1) is 11.0. The van der Waals surface area contributed by atoms with E-state index in [1.165, 1.54) is 5.01 Å². The molecule has 2 rings (SSSR count). The zero-order valence-electron chi connectivity index (χ0n) is 8.93. The van der Waals surface area contributed by atoms with Gasteiger partial charge in [0.2, 0.25) is 0 Å². The summed E-state index contributed by atoms with van der Waals surface area (Å²) in [4.78, 5) is 6.64. The Balaban J connectivity index is 1.88. The van der Waals surface area contributed by atoms with Gasteiger partial charge in [0.05, 0.1) is 19.3 Å². The third kappa shape index (κ3) is 2.98. The highest BCUT2D eigenvalue weighted by atomic mass is 32.1. The van der Waals surface area contributed by atoms with Crippen molar-refractivity contribution < 1.29 is 4.74 Å². The molecule has 2 unspecified atom stereocenters. The van der Waals surface area contributed by atoms with Gasteiger partial charge in [-0.05, 0) is 6.92 Å². The lowest BCUT2D eigenvalue weighted by molar-refractivity contribution is -0.0403. The molecule has 0 bridgehead atoms. The Labute approximate surface area is 94.1 Å². The molecule has 84 valence electrons. The maximum atomic E-state index is 5.84. The van der Waals surface area contributed by atoms with Gasteiger partial charge in [-0.3, -0.25) is 4.90 Å². The van der Waals surface area contributed by atoms with Crippen LogP contribution in [0.25, 0.3) is 0 Å². The second-order valence-corrected chi connectivity index (χ2v) is 4.91. The first-order chi connectivity index (χ1) is 7.25. The van der Waals surface area contributed by atoms with E-state index in [0.29, 0.717) is 0 Å². The van der Waals surface area contributed by atoms with Gasteiger partial charge in [0, 0.05) is 30.7 Å². The van der Waals surface area contributed by atoms with E-state index in [1.54, 1.807) is 11.3 Å². The summed E-state index contributed by atoms with van der Waals surface area (Å²) in [7, 11) is 0. The van der Waals surface area contributed by atoms with Crippen molar-refractivity contribution in [2.45, 2.75) is 25.6 Å². The Morgan fingerprint density at radius 1 is 1.80 bits per heavy atom. The topological polar surface area (TPSA) is 51.4 Å². The largest absolute Gasteiger partial charge is 0.374 e. The summed E-state index contributed by atoms with van der Waals surface area (Å²) in [5.41, 5.74) is 5.84. The number of rotatable bonds is 3. The van der Waals surface area contributed by atoms with Crippen LogP contribution in [-0.4, -0.2) is 41.7 Å². The van der Waals surface area contributed by atoms with Crippen molar-refractivity contribution in [2.75, 3.05) is 19.7 Å². The number of ether oxygens (including phenoxy) is 1. The number of hydrogen-bond acceptors (Lipinski definition) is 5. The Hall–Kier alpha value is -0.490. The lowest BCUT2D eigenvalue weighted by atomic mass is 10.1. The molecule has 1 aromatic rings. The summed E-state index contributed by atoms with van der Waals surface area (Å²) in [6, 6.07) is 0.101. The highest BCUT2D eigenvalue weighted by Crippen LogP contribution is 2.13. The van der Waals surface area contributed by atoms with Crippen LogP contribution in [0.5, 0.6) is 0 Å². The van der Waals surface area contributed by atoms with E-state index in [-0.39, 0.29) is 12.1 Å². The van der Waals surface area contributed by atoms with Gasteiger partial charge < -0.3 is 10.5 Å². The Bertz CT molecular complexity index is 289. The predicted octanol–water partition coefficient (Wildman–Crippen LogP) is 0.691. The minimum atomic E-state index is 0.101. The van der Waals surface area contributed by atoms with Gasteiger partial charge in [0.1, 0.15) is 5.01 Å². The van der Waals surface area contributed by atoms with Crippen LogP contribution in [0.4, 0.5) is 0 Å².